The minimum atomic E-state index is -0.469. The number of hydrogen-bond acceptors (Lipinski definition) is 5. The first-order chi connectivity index (χ1) is 13.1. The van der Waals surface area contributed by atoms with Gasteiger partial charge in [0.2, 0.25) is 0 Å². The third-order valence-corrected chi connectivity index (χ3v) is 4.79. The van der Waals surface area contributed by atoms with Crippen LogP contribution in [0.5, 0.6) is 17.2 Å². The summed E-state index contributed by atoms with van der Waals surface area (Å²) in [6.07, 6.45) is 1.44. The molecule has 0 aromatic heterocycles. The number of amides is 1. The molecule has 27 heavy (non-hydrogen) atoms. The second-order valence-corrected chi connectivity index (χ2v) is 6.35. The Morgan fingerprint density at radius 2 is 1.44 bits per heavy atom. The Bertz CT molecular complexity index is 809. The monoisotopic (exact) mass is 369 g/mol. The number of carbonyl (C=O) groups excluding carboxylic acids is 2. The van der Waals surface area contributed by atoms with E-state index in [-0.39, 0.29) is 11.7 Å². The molecule has 2 aromatic carbocycles. The molecule has 6 heteroatoms. The van der Waals surface area contributed by atoms with Crippen LogP contribution in [0.1, 0.15) is 33.6 Å². The van der Waals surface area contributed by atoms with Crippen molar-refractivity contribution in [3.05, 3.63) is 53.6 Å². The van der Waals surface area contributed by atoms with Crippen molar-refractivity contribution in [1.29, 1.82) is 0 Å². The first kappa shape index (κ1) is 18.8. The highest BCUT2D eigenvalue weighted by Crippen LogP contribution is 2.28. The van der Waals surface area contributed by atoms with Gasteiger partial charge in [-0.3, -0.25) is 9.59 Å². The van der Waals surface area contributed by atoms with E-state index in [4.69, 9.17) is 14.2 Å². The smallest absolute Gasteiger partial charge is 0.254 e. The number of carbonyl (C=O) groups is 2. The highest BCUT2D eigenvalue weighted by Gasteiger charge is 2.35. The normalized spacial score (nSPS) is 16.1. The van der Waals surface area contributed by atoms with Gasteiger partial charge in [0.15, 0.2) is 5.78 Å². The van der Waals surface area contributed by atoms with Gasteiger partial charge in [0, 0.05) is 23.7 Å². The van der Waals surface area contributed by atoms with Gasteiger partial charge in [0.25, 0.3) is 5.91 Å². The van der Waals surface area contributed by atoms with Gasteiger partial charge in [-0.25, -0.2) is 0 Å². The van der Waals surface area contributed by atoms with Crippen molar-refractivity contribution in [3.63, 3.8) is 0 Å². The molecule has 0 N–H and O–H groups in total. The van der Waals surface area contributed by atoms with E-state index in [9.17, 15) is 9.59 Å². The van der Waals surface area contributed by atoms with Crippen molar-refractivity contribution in [3.8, 4) is 17.2 Å². The largest absolute Gasteiger partial charge is 0.497 e. The van der Waals surface area contributed by atoms with Gasteiger partial charge in [-0.05, 0) is 49.2 Å². The zero-order valence-electron chi connectivity index (χ0n) is 15.7. The highest BCUT2D eigenvalue weighted by atomic mass is 16.5. The van der Waals surface area contributed by atoms with Crippen molar-refractivity contribution < 1.29 is 23.8 Å². The molecule has 0 aliphatic carbocycles. The van der Waals surface area contributed by atoms with Crippen molar-refractivity contribution in [1.82, 2.24) is 4.90 Å². The van der Waals surface area contributed by atoms with Crippen molar-refractivity contribution in [2.75, 3.05) is 27.9 Å². The topological polar surface area (TPSA) is 65.1 Å². The van der Waals surface area contributed by atoms with E-state index in [1.807, 2.05) is 0 Å². The van der Waals surface area contributed by atoms with Gasteiger partial charge in [0.1, 0.15) is 17.2 Å². The maximum Gasteiger partial charge on any atom is 0.254 e. The number of benzene rings is 2. The van der Waals surface area contributed by atoms with E-state index in [2.05, 4.69) is 0 Å². The Hall–Kier alpha value is -3.02. The molecule has 1 unspecified atom stereocenters. The van der Waals surface area contributed by atoms with Crippen LogP contribution in [0.2, 0.25) is 0 Å². The fourth-order valence-corrected chi connectivity index (χ4v) is 3.33. The SMILES string of the molecule is COc1ccc(C(=O)C2CCCN2C(=O)c2cc(OC)cc(OC)c2)cc1. The van der Waals surface area contributed by atoms with Gasteiger partial charge >= 0.3 is 0 Å². The van der Waals surface area contributed by atoms with Gasteiger partial charge in [-0.1, -0.05) is 0 Å². The zero-order valence-corrected chi connectivity index (χ0v) is 15.7. The summed E-state index contributed by atoms with van der Waals surface area (Å²) in [5, 5.41) is 0. The molecular formula is C21H23NO5. The zero-order chi connectivity index (χ0) is 19.4. The summed E-state index contributed by atoms with van der Waals surface area (Å²) in [5.41, 5.74) is 1.02. The van der Waals surface area contributed by atoms with E-state index in [0.29, 0.717) is 41.3 Å². The molecule has 6 nitrogen and oxygen atoms in total. The number of hydrogen-bond donors (Lipinski definition) is 0. The number of ketones is 1. The molecule has 1 saturated heterocycles. The fraction of sp³-hybridized carbons (Fsp3) is 0.333. The van der Waals surface area contributed by atoms with Crippen LogP contribution in [-0.4, -0.2) is 50.5 Å². The highest BCUT2D eigenvalue weighted by molar-refractivity contribution is 6.05. The Kier molecular flexibility index (Phi) is 5.64. The van der Waals surface area contributed by atoms with Gasteiger partial charge in [-0.15, -0.1) is 0 Å². The Morgan fingerprint density at radius 1 is 0.852 bits per heavy atom. The van der Waals surface area contributed by atoms with Crippen LogP contribution >= 0.6 is 0 Å². The van der Waals surface area contributed by atoms with Gasteiger partial charge < -0.3 is 19.1 Å². The van der Waals surface area contributed by atoms with Crippen LogP contribution in [-0.2, 0) is 0 Å². The number of nitrogens with zero attached hydrogens (tertiary/aromatic N) is 1. The van der Waals surface area contributed by atoms with Crippen LogP contribution < -0.4 is 14.2 Å². The molecule has 0 saturated carbocycles. The van der Waals surface area contributed by atoms with Crippen molar-refractivity contribution in [2.45, 2.75) is 18.9 Å². The van der Waals surface area contributed by atoms with E-state index in [0.717, 1.165) is 6.42 Å². The molecule has 142 valence electrons. The maximum absolute atomic E-state index is 13.1. The lowest BCUT2D eigenvalue weighted by molar-refractivity contribution is 0.0671. The number of ether oxygens (including phenoxy) is 3. The van der Waals surface area contributed by atoms with Crippen LogP contribution in [0.25, 0.3) is 0 Å². The van der Waals surface area contributed by atoms with E-state index in [1.54, 1.807) is 54.5 Å². The van der Waals surface area contributed by atoms with Crippen LogP contribution in [0.3, 0.4) is 0 Å². The average molecular weight is 369 g/mol. The lowest BCUT2D eigenvalue weighted by Gasteiger charge is -2.24. The molecule has 0 radical (unpaired) electrons. The minimum Gasteiger partial charge on any atom is -0.497 e. The second kappa shape index (κ2) is 8.12. The molecule has 2 aromatic rings. The predicted molar refractivity (Wildman–Crippen MR) is 101 cm³/mol. The molecule has 1 amide bonds. The molecule has 3 rings (SSSR count). The molecule has 1 atom stereocenters. The quantitative estimate of drug-likeness (QED) is 0.732. The van der Waals surface area contributed by atoms with Crippen molar-refractivity contribution in [2.24, 2.45) is 0 Å². The summed E-state index contributed by atoms with van der Waals surface area (Å²) in [5.74, 6) is 1.51. The molecule has 0 bridgehead atoms. The molecule has 1 fully saturated rings. The first-order valence-corrected chi connectivity index (χ1v) is 8.79. The van der Waals surface area contributed by atoms with E-state index >= 15 is 0 Å². The third kappa shape index (κ3) is 3.89. The van der Waals surface area contributed by atoms with Gasteiger partial charge in [0.05, 0.1) is 27.4 Å². The lowest BCUT2D eigenvalue weighted by atomic mass is 10.0. The number of Topliss-reactive ketones (excluding diaryl/α,β-unsaturated/α-hetero) is 1. The number of likely N-dealkylation sites (tertiary alicyclic amines) is 1. The lowest BCUT2D eigenvalue weighted by Crippen LogP contribution is -2.40. The first-order valence-electron chi connectivity index (χ1n) is 8.79. The van der Waals surface area contributed by atoms with Gasteiger partial charge in [-0.2, -0.15) is 0 Å². The summed E-state index contributed by atoms with van der Waals surface area (Å²) >= 11 is 0. The predicted octanol–water partition coefficient (Wildman–Crippen LogP) is 3.20. The standard InChI is InChI=1S/C21H23NO5/c1-25-16-8-6-14(7-9-16)20(23)19-5-4-10-22(19)21(24)15-11-17(26-2)13-18(12-15)27-3/h6-9,11-13,19H,4-5,10H2,1-3H3. The summed E-state index contributed by atoms with van der Waals surface area (Å²) in [4.78, 5) is 27.7. The maximum atomic E-state index is 13.1. The third-order valence-electron chi connectivity index (χ3n) is 4.79. The Balaban J connectivity index is 1.85. The van der Waals surface area contributed by atoms with Crippen LogP contribution in [0.4, 0.5) is 0 Å². The minimum absolute atomic E-state index is 0.0571. The second-order valence-electron chi connectivity index (χ2n) is 6.35. The van der Waals surface area contributed by atoms with E-state index in [1.165, 1.54) is 14.2 Å². The van der Waals surface area contributed by atoms with Crippen molar-refractivity contribution >= 4 is 11.7 Å². The molecule has 0 spiro atoms. The number of methoxy groups -OCH3 is 3. The molecule has 1 aliphatic rings. The average Bonchev–Trinajstić information content (AvgIpc) is 3.22. The fourth-order valence-electron chi connectivity index (χ4n) is 3.33. The molecular weight excluding hydrogens is 346 g/mol. The summed E-state index contributed by atoms with van der Waals surface area (Å²) < 4.78 is 15.6. The summed E-state index contributed by atoms with van der Waals surface area (Å²) in [6, 6.07) is 11.5. The molecule has 1 heterocycles. The van der Waals surface area contributed by atoms with Crippen LogP contribution in [0, 0.1) is 0 Å². The Morgan fingerprint density at radius 3 is 2.00 bits per heavy atom. The van der Waals surface area contributed by atoms with Crippen LogP contribution in [0.15, 0.2) is 42.5 Å². The summed E-state index contributed by atoms with van der Waals surface area (Å²) in [6.45, 7) is 0.547. The number of rotatable bonds is 6. The Labute approximate surface area is 158 Å². The summed E-state index contributed by atoms with van der Waals surface area (Å²) in [7, 11) is 4.65. The molecule has 1 aliphatic heterocycles. The van der Waals surface area contributed by atoms with E-state index < -0.39 is 6.04 Å².